The molecule has 1 heterocycles. The third kappa shape index (κ3) is 1.14. The zero-order valence-electron chi connectivity index (χ0n) is 6.48. The summed E-state index contributed by atoms with van der Waals surface area (Å²) in [5, 5.41) is 9.30. The highest BCUT2D eigenvalue weighted by Gasteiger charge is 2.25. The second-order valence-electron chi connectivity index (χ2n) is 2.48. The lowest BCUT2D eigenvalue weighted by molar-refractivity contribution is -0.147. The lowest BCUT2D eigenvalue weighted by Gasteiger charge is -2.35. The number of aliphatic hydroxyl groups is 1. The van der Waals surface area contributed by atoms with Crippen LogP contribution in [0.25, 0.3) is 0 Å². The molecule has 1 unspecified atom stereocenters. The van der Waals surface area contributed by atoms with Gasteiger partial charge in [0.25, 0.3) is 5.91 Å². The van der Waals surface area contributed by atoms with Crippen molar-refractivity contribution in [3.63, 3.8) is 0 Å². The van der Waals surface area contributed by atoms with E-state index in [9.17, 15) is 9.90 Å². The molecule has 1 amide bonds. The topological polar surface area (TPSA) is 69.8 Å². The maximum absolute atomic E-state index is 10.9. The minimum Gasteiger partial charge on any atom is -0.385 e. The first kappa shape index (κ1) is 7.87. The summed E-state index contributed by atoms with van der Waals surface area (Å²) in [6.45, 7) is 0. The molecule has 62 valence electrons. The highest BCUT2D eigenvalue weighted by molar-refractivity contribution is 5.88. The Hall–Kier alpha value is -1.23. The van der Waals surface area contributed by atoms with Crippen molar-refractivity contribution in [3.05, 3.63) is 11.9 Å². The number of rotatable bonds is 0. The summed E-state index contributed by atoms with van der Waals surface area (Å²) in [7, 11) is 3.12. The fraction of sp³-hybridized carbons (Fsp3) is 0.500. The monoisotopic (exact) mass is 157 g/mol. The van der Waals surface area contributed by atoms with Crippen molar-refractivity contribution in [1.82, 2.24) is 9.80 Å². The molecule has 0 spiro atoms. The number of carbonyl (C=O) groups is 1. The SMILES string of the molecule is CN1C(=O)C=C(N)N(C)C1O. The van der Waals surface area contributed by atoms with Crippen LogP contribution in [0.5, 0.6) is 0 Å². The van der Waals surface area contributed by atoms with Crippen LogP contribution in [0.4, 0.5) is 0 Å². The summed E-state index contributed by atoms with van der Waals surface area (Å²) in [6, 6.07) is 0. The third-order valence-electron chi connectivity index (χ3n) is 1.72. The van der Waals surface area contributed by atoms with E-state index >= 15 is 0 Å². The number of aliphatic hydroxyl groups excluding tert-OH is 1. The van der Waals surface area contributed by atoms with E-state index in [2.05, 4.69) is 0 Å². The van der Waals surface area contributed by atoms with Crippen LogP contribution in [-0.2, 0) is 4.79 Å². The van der Waals surface area contributed by atoms with E-state index in [0.29, 0.717) is 0 Å². The van der Waals surface area contributed by atoms with Crippen LogP contribution in [0.1, 0.15) is 0 Å². The Morgan fingerprint density at radius 3 is 2.64 bits per heavy atom. The molecule has 0 bridgehead atoms. The first-order chi connectivity index (χ1) is 5.04. The number of nitrogens with zero attached hydrogens (tertiary/aromatic N) is 2. The molecule has 5 nitrogen and oxygen atoms in total. The minimum atomic E-state index is -0.951. The summed E-state index contributed by atoms with van der Waals surface area (Å²) in [5.74, 6) is -0.00583. The van der Waals surface area contributed by atoms with Crippen molar-refractivity contribution < 1.29 is 9.90 Å². The van der Waals surface area contributed by atoms with E-state index in [0.717, 1.165) is 0 Å². The summed E-state index contributed by atoms with van der Waals surface area (Å²) < 4.78 is 0. The summed E-state index contributed by atoms with van der Waals surface area (Å²) in [4.78, 5) is 13.5. The Balaban J connectivity index is 2.92. The van der Waals surface area contributed by atoms with Crippen molar-refractivity contribution in [2.75, 3.05) is 14.1 Å². The van der Waals surface area contributed by atoms with Crippen LogP contribution in [0.2, 0.25) is 0 Å². The number of hydrogen-bond donors (Lipinski definition) is 2. The molecule has 0 aromatic rings. The molecule has 0 saturated heterocycles. The van der Waals surface area contributed by atoms with Crippen LogP contribution in [0, 0.1) is 0 Å². The second-order valence-corrected chi connectivity index (χ2v) is 2.48. The van der Waals surface area contributed by atoms with Gasteiger partial charge < -0.3 is 15.7 Å². The molecule has 1 atom stereocenters. The van der Waals surface area contributed by atoms with Crippen LogP contribution < -0.4 is 5.73 Å². The van der Waals surface area contributed by atoms with E-state index in [-0.39, 0.29) is 11.7 Å². The number of amides is 1. The predicted molar refractivity (Wildman–Crippen MR) is 38.8 cm³/mol. The standard InChI is InChI=1S/C6H11N3O2/c1-8-4(7)3-5(10)9(2)6(8)11/h3,6,11H,7H2,1-2H3. The molecule has 0 aromatic heterocycles. The fourth-order valence-electron chi connectivity index (χ4n) is 0.837. The summed E-state index contributed by atoms with van der Waals surface area (Å²) >= 11 is 0. The van der Waals surface area contributed by atoms with Gasteiger partial charge >= 0.3 is 0 Å². The van der Waals surface area contributed by atoms with Gasteiger partial charge in [0.15, 0.2) is 0 Å². The molecule has 0 radical (unpaired) electrons. The van der Waals surface area contributed by atoms with Crippen LogP contribution in [0.15, 0.2) is 11.9 Å². The highest BCUT2D eigenvalue weighted by atomic mass is 16.3. The zero-order valence-corrected chi connectivity index (χ0v) is 6.48. The number of likely N-dealkylation sites (N-methyl/N-ethyl adjacent to an activating group) is 1. The predicted octanol–water partition coefficient (Wildman–Crippen LogP) is -1.53. The number of carbonyl (C=O) groups excluding carboxylic acids is 1. The van der Waals surface area contributed by atoms with Gasteiger partial charge in [0.1, 0.15) is 5.82 Å². The van der Waals surface area contributed by atoms with Crippen molar-refractivity contribution in [3.8, 4) is 0 Å². The van der Waals surface area contributed by atoms with Gasteiger partial charge in [-0.2, -0.15) is 0 Å². The first-order valence-corrected chi connectivity index (χ1v) is 3.19. The van der Waals surface area contributed by atoms with Crippen molar-refractivity contribution in [1.29, 1.82) is 0 Å². The fourth-order valence-corrected chi connectivity index (χ4v) is 0.837. The average Bonchev–Trinajstić information content (AvgIpc) is 1.97. The van der Waals surface area contributed by atoms with Crippen LogP contribution in [-0.4, -0.2) is 41.3 Å². The van der Waals surface area contributed by atoms with E-state index in [1.165, 1.54) is 22.9 Å². The molecule has 1 rings (SSSR count). The highest BCUT2D eigenvalue weighted by Crippen LogP contribution is 2.09. The third-order valence-corrected chi connectivity index (χ3v) is 1.72. The van der Waals surface area contributed by atoms with Crippen LogP contribution >= 0.6 is 0 Å². The molecule has 0 aromatic carbocycles. The van der Waals surface area contributed by atoms with Gasteiger partial charge in [-0.1, -0.05) is 0 Å². The maximum atomic E-state index is 10.9. The Bertz CT molecular complexity index is 214. The van der Waals surface area contributed by atoms with Crippen LogP contribution in [0.3, 0.4) is 0 Å². The number of nitrogens with two attached hydrogens (primary N) is 1. The van der Waals surface area contributed by atoms with Crippen molar-refractivity contribution in [2.24, 2.45) is 5.73 Å². The molecule has 3 N–H and O–H groups in total. The summed E-state index contributed by atoms with van der Waals surface area (Å²) in [6.07, 6.45) is 0.319. The Kier molecular flexibility index (Phi) is 1.74. The second kappa shape index (κ2) is 2.43. The maximum Gasteiger partial charge on any atom is 0.253 e. The van der Waals surface area contributed by atoms with Gasteiger partial charge in [0.2, 0.25) is 6.35 Å². The minimum absolute atomic E-state index is 0.278. The van der Waals surface area contributed by atoms with Crippen molar-refractivity contribution in [2.45, 2.75) is 6.35 Å². The molecule has 1 aliphatic heterocycles. The van der Waals surface area contributed by atoms with E-state index in [1.54, 1.807) is 7.05 Å². The number of hydrogen-bond acceptors (Lipinski definition) is 4. The van der Waals surface area contributed by atoms with Gasteiger partial charge in [-0.05, 0) is 0 Å². The molecule has 5 heteroatoms. The molecule has 0 aliphatic carbocycles. The lowest BCUT2D eigenvalue weighted by atomic mass is 10.4. The molecule has 1 aliphatic rings. The smallest absolute Gasteiger partial charge is 0.253 e. The molecular formula is C6H11N3O2. The Labute approximate surface area is 64.7 Å². The largest absolute Gasteiger partial charge is 0.385 e. The molecule has 11 heavy (non-hydrogen) atoms. The Morgan fingerprint density at radius 2 is 2.09 bits per heavy atom. The lowest BCUT2D eigenvalue weighted by Crippen LogP contribution is -2.51. The van der Waals surface area contributed by atoms with Gasteiger partial charge in [-0.15, -0.1) is 0 Å². The normalized spacial score (nSPS) is 25.5. The zero-order chi connectivity index (χ0) is 8.59. The van der Waals surface area contributed by atoms with Gasteiger partial charge in [0, 0.05) is 20.2 Å². The summed E-state index contributed by atoms with van der Waals surface area (Å²) in [5.41, 5.74) is 5.40. The quantitative estimate of drug-likeness (QED) is 0.447. The average molecular weight is 157 g/mol. The Morgan fingerprint density at radius 1 is 1.55 bits per heavy atom. The van der Waals surface area contributed by atoms with E-state index < -0.39 is 6.35 Å². The first-order valence-electron chi connectivity index (χ1n) is 3.19. The van der Waals surface area contributed by atoms with E-state index in [4.69, 9.17) is 5.73 Å². The van der Waals surface area contributed by atoms with Gasteiger partial charge in [0.05, 0.1) is 0 Å². The van der Waals surface area contributed by atoms with Crippen molar-refractivity contribution >= 4 is 5.91 Å². The molecule has 0 saturated carbocycles. The molecular weight excluding hydrogens is 146 g/mol. The van der Waals surface area contributed by atoms with E-state index in [1.807, 2.05) is 0 Å². The van der Waals surface area contributed by atoms with Gasteiger partial charge in [-0.3, -0.25) is 9.69 Å². The molecule has 0 fully saturated rings. The van der Waals surface area contributed by atoms with Gasteiger partial charge in [-0.25, -0.2) is 0 Å².